The highest BCUT2D eigenvalue weighted by Crippen LogP contribution is 2.12. The first-order valence-corrected chi connectivity index (χ1v) is 16.0. The van der Waals surface area contributed by atoms with Crippen LogP contribution in [0.3, 0.4) is 0 Å². The molecule has 0 bridgehead atoms. The Balaban J connectivity index is 0.000000189. The third-order valence-corrected chi connectivity index (χ3v) is 7.51. The number of rotatable bonds is 5. The monoisotopic (exact) mass is 664 g/mol. The molecule has 7 nitrogen and oxygen atoms in total. The number of hydrogen-bond donors (Lipinski definition) is 3. The molecule has 2 fully saturated rings. The highest BCUT2D eigenvalue weighted by molar-refractivity contribution is 5.94. The van der Waals surface area contributed by atoms with Crippen molar-refractivity contribution in [3.8, 4) is 23.7 Å². The van der Waals surface area contributed by atoms with Crippen LogP contribution in [0.1, 0.15) is 68.7 Å². The number of halogens is 2. The van der Waals surface area contributed by atoms with Gasteiger partial charge in [-0.1, -0.05) is 47.9 Å². The summed E-state index contributed by atoms with van der Waals surface area (Å²) in [6.45, 7) is 2.92. The second kappa shape index (κ2) is 19.5. The fourth-order valence-electron chi connectivity index (χ4n) is 4.75. The van der Waals surface area contributed by atoms with E-state index in [9.17, 15) is 18.4 Å². The Kier molecular flexibility index (Phi) is 14.5. The van der Waals surface area contributed by atoms with Gasteiger partial charge in [0.25, 0.3) is 5.91 Å². The van der Waals surface area contributed by atoms with Crippen LogP contribution in [0.15, 0.2) is 97.1 Å². The zero-order valence-electron chi connectivity index (χ0n) is 27.0. The largest absolute Gasteiger partial charge is 0.478 e. The molecule has 0 aromatic heterocycles. The smallest absolute Gasteiger partial charge is 0.335 e. The van der Waals surface area contributed by atoms with Crippen LogP contribution < -0.4 is 11.1 Å². The molecule has 2 atom stereocenters. The summed E-state index contributed by atoms with van der Waals surface area (Å²) in [6.07, 6.45) is 4.90. The Morgan fingerprint density at radius 1 is 0.694 bits per heavy atom. The van der Waals surface area contributed by atoms with Crippen LogP contribution in [0, 0.1) is 35.3 Å². The van der Waals surface area contributed by atoms with Crippen LogP contribution in [0.4, 0.5) is 8.78 Å². The maximum atomic E-state index is 13.5. The first-order chi connectivity index (χ1) is 23.8. The molecule has 9 heteroatoms. The first-order valence-electron chi connectivity index (χ1n) is 16.0. The van der Waals surface area contributed by atoms with Gasteiger partial charge in [-0.05, 0) is 98.5 Å². The average Bonchev–Trinajstić information content (AvgIpc) is 3.86. The topological polar surface area (TPSA) is 111 Å². The van der Waals surface area contributed by atoms with Crippen molar-refractivity contribution in [2.45, 2.75) is 37.9 Å². The predicted octanol–water partition coefficient (Wildman–Crippen LogP) is 6.18. The molecule has 2 unspecified atom stereocenters. The van der Waals surface area contributed by atoms with Crippen molar-refractivity contribution in [3.05, 3.63) is 142 Å². The summed E-state index contributed by atoms with van der Waals surface area (Å²) in [4.78, 5) is 22.7. The van der Waals surface area contributed by atoms with Gasteiger partial charge in [-0.15, -0.1) is 0 Å². The SMILES string of the molecule is NCC1CCCO1.O=C(NCC1CCCO1)c1ccc(C#Cc2ccccc2F)cc1.O=C(O)c1ccc(C#Cc2ccccc2F)cc1. The van der Waals surface area contributed by atoms with E-state index in [1.54, 1.807) is 72.8 Å². The van der Waals surface area contributed by atoms with Gasteiger partial charge >= 0.3 is 5.97 Å². The number of amides is 1. The van der Waals surface area contributed by atoms with E-state index in [0.29, 0.717) is 41.4 Å². The molecular weight excluding hydrogens is 626 g/mol. The normalized spacial score (nSPS) is 15.9. The first kappa shape index (κ1) is 36.5. The van der Waals surface area contributed by atoms with Gasteiger partial charge in [-0.2, -0.15) is 0 Å². The molecule has 4 N–H and O–H groups in total. The predicted molar refractivity (Wildman–Crippen MR) is 184 cm³/mol. The molecule has 4 aromatic rings. The van der Waals surface area contributed by atoms with E-state index < -0.39 is 5.97 Å². The average molecular weight is 665 g/mol. The van der Waals surface area contributed by atoms with E-state index in [4.69, 9.17) is 20.3 Å². The van der Waals surface area contributed by atoms with Crippen LogP contribution in [-0.4, -0.2) is 55.5 Å². The zero-order chi connectivity index (χ0) is 34.8. The Bertz CT molecular complexity index is 1790. The van der Waals surface area contributed by atoms with Crippen LogP contribution in [-0.2, 0) is 9.47 Å². The molecule has 2 aliphatic rings. The molecule has 49 heavy (non-hydrogen) atoms. The summed E-state index contributed by atoms with van der Waals surface area (Å²) >= 11 is 0. The number of ether oxygens (including phenoxy) is 2. The Morgan fingerprint density at radius 2 is 1.16 bits per heavy atom. The van der Waals surface area contributed by atoms with Crippen molar-refractivity contribution in [1.82, 2.24) is 5.32 Å². The number of carbonyl (C=O) groups excluding carboxylic acids is 1. The van der Waals surface area contributed by atoms with Crippen LogP contribution >= 0.6 is 0 Å². The third kappa shape index (κ3) is 12.3. The summed E-state index contributed by atoms with van der Waals surface area (Å²) in [6, 6.07) is 25.7. The molecule has 2 heterocycles. The summed E-state index contributed by atoms with van der Waals surface area (Å²) in [5.74, 6) is 9.38. The summed E-state index contributed by atoms with van der Waals surface area (Å²) in [5.41, 5.74) is 8.13. The van der Waals surface area contributed by atoms with E-state index >= 15 is 0 Å². The second-order valence-electron chi connectivity index (χ2n) is 11.1. The van der Waals surface area contributed by atoms with E-state index in [1.807, 2.05) is 0 Å². The van der Waals surface area contributed by atoms with E-state index in [0.717, 1.165) is 38.0 Å². The maximum Gasteiger partial charge on any atom is 0.335 e. The lowest BCUT2D eigenvalue weighted by atomic mass is 10.1. The van der Waals surface area contributed by atoms with Crippen molar-refractivity contribution in [2.24, 2.45) is 5.73 Å². The molecule has 2 saturated heterocycles. The molecule has 0 aliphatic carbocycles. The molecule has 1 amide bonds. The number of carbonyl (C=O) groups is 2. The molecule has 2 aliphatic heterocycles. The van der Waals surface area contributed by atoms with Crippen molar-refractivity contribution in [3.63, 3.8) is 0 Å². The van der Waals surface area contributed by atoms with Crippen molar-refractivity contribution in [2.75, 3.05) is 26.3 Å². The lowest BCUT2D eigenvalue weighted by Gasteiger charge is -2.10. The summed E-state index contributed by atoms with van der Waals surface area (Å²) in [5, 5.41) is 11.6. The Morgan fingerprint density at radius 3 is 1.57 bits per heavy atom. The van der Waals surface area contributed by atoms with Gasteiger partial charge in [0.1, 0.15) is 11.6 Å². The number of benzene rings is 4. The minimum atomic E-state index is -0.983. The van der Waals surface area contributed by atoms with Gasteiger partial charge in [0, 0.05) is 43.0 Å². The highest BCUT2D eigenvalue weighted by Gasteiger charge is 2.16. The van der Waals surface area contributed by atoms with Gasteiger partial charge in [-0.3, -0.25) is 4.79 Å². The number of hydrogen-bond acceptors (Lipinski definition) is 5. The van der Waals surface area contributed by atoms with Crippen LogP contribution in [0.2, 0.25) is 0 Å². The van der Waals surface area contributed by atoms with Gasteiger partial charge < -0.3 is 25.6 Å². The summed E-state index contributed by atoms with van der Waals surface area (Å²) in [7, 11) is 0. The number of carboxylic acid groups (broad SMARTS) is 1. The molecule has 252 valence electrons. The van der Waals surface area contributed by atoms with E-state index in [-0.39, 0.29) is 29.2 Å². The van der Waals surface area contributed by atoms with E-state index in [2.05, 4.69) is 29.0 Å². The standard InChI is InChI=1S/C20H18FNO2.C15H9FO2.C5H11NO/c21-19-6-2-1-4-16(19)10-7-15-8-11-17(12-9-15)20(23)22-14-18-5-3-13-24-18;16-14-4-2-1-3-12(14)8-5-11-6-9-13(10-7-11)15(17)18;6-4-5-2-1-3-7-5/h1-2,4,6,8-9,11-12,18H,3,5,13-14H2,(H,22,23);1-4,6-7,9-10H,(H,17,18);5H,1-4,6H2. The summed E-state index contributed by atoms with van der Waals surface area (Å²) < 4.78 is 37.4. The van der Waals surface area contributed by atoms with Crippen molar-refractivity contribution >= 4 is 11.9 Å². The molecule has 0 radical (unpaired) electrons. The Hall–Kier alpha value is -5.32. The highest BCUT2D eigenvalue weighted by atomic mass is 19.1. The van der Waals surface area contributed by atoms with Crippen LogP contribution in [0.25, 0.3) is 0 Å². The molecule has 0 saturated carbocycles. The molecule has 4 aromatic carbocycles. The van der Waals surface area contributed by atoms with Crippen molar-refractivity contribution in [1.29, 1.82) is 0 Å². The number of aromatic carboxylic acids is 1. The molecular formula is C40H38F2N2O5. The maximum absolute atomic E-state index is 13.5. The molecule has 0 spiro atoms. The minimum absolute atomic E-state index is 0.125. The number of nitrogens with one attached hydrogen (secondary N) is 1. The lowest BCUT2D eigenvalue weighted by Crippen LogP contribution is -2.31. The quantitative estimate of drug-likeness (QED) is 0.220. The second-order valence-corrected chi connectivity index (χ2v) is 11.1. The minimum Gasteiger partial charge on any atom is -0.478 e. The van der Waals surface area contributed by atoms with Gasteiger partial charge in [-0.25, -0.2) is 13.6 Å². The molecule has 6 rings (SSSR count). The van der Waals surface area contributed by atoms with Gasteiger partial charge in [0.15, 0.2) is 0 Å². The fraction of sp³-hybridized carbons (Fsp3) is 0.250. The van der Waals surface area contributed by atoms with Crippen LogP contribution in [0.5, 0.6) is 0 Å². The third-order valence-electron chi connectivity index (χ3n) is 7.51. The Labute approximate surface area is 285 Å². The zero-order valence-corrected chi connectivity index (χ0v) is 27.0. The van der Waals surface area contributed by atoms with Gasteiger partial charge in [0.2, 0.25) is 0 Å². The lowest BCUT2D eigenvalue weighted by molar-refractivity contribution is 0.0696. The number of carboxylic acids is 1. The van der Waals surface area contributed by atoms with Gasteiger partial charge in [0.05, 0.1) is 28.9 Å². The number of nitrogens with two attached hydrogens (primary N) is 1. The van der Waals surface area contributed by atoms with Crippen molar-refractivity contribution < 1.29 is 33.0 Å². The van der Waals surface area contributed by atoms with E-state index in [1.165, 1.54) is 30.7 Å². The fourth-order valence-corrected chi connectivity index (χ4v) is 4.75.